The number of nitrogens with one attached hydrogen (secondary N) is 1. The average Bonchev–Trinajstić information content (AvgIpc) is 2.62. The third kappa shape index (κ3) is 5.74. The fourth-order valence-corrected chi connectivity index (χ4v) is 3.46. The SMILES string of the molecule is CCOC(C)OC(=O)Oc1ccc(NC(=O)C2(C)CCCCC2)c(Cl)c1Cl. The van der Waals surface area contributed by atoms with E-state index in [-0.39, 0.29) is 21.7 Å². The van der Waals surface area contributed by atoms with Gasteiger partial charge in [-0.05, 0) is 38.8 Å². The van der Waals surface area contributed by atoms with Crippen LogP contribution in [0.25, 0.3) is 0 Å². The molecule has 0 aromatic heterocycles. The summed E-state index contributed by atoms with van der Waals surface area (Å²) in [4.78, 5) is 24.4. The lowest BCUT2D eigenvalue weighted by Gasteiger charge is -2.32. The van der Waals surface area contributed by atoms with Crippen LogP contribution in [0.1, 0.15) is 52.9 Å². The van der Waals surface area contributed by atoms with E-state index in [9.17, 15) is 9.59 Å². The van der Waals surface area contributed by atoms with Gasteiger partial charge in [-0.2, -0.15) is 0 Å². The normalized spacial score (nSPS) is 17.1. The van der Waals surface area contributed by atoms with Gasteiger partial charge >= 0.3 is 6.16 Å². The van der Waals surface area contributed by atoms with E-state index in [1.54, 1.807) is 19.9 Å². The van der Waals surface area contributed by atoms with E-state index >= 15 is 0 Å². The van der Waals surface area contributed by atoms with E-state index < -0.39 is 17.9 Å². The lowest BCUT2D eigenvalue weighted by atomic mass is 9.75. The molecule has 1 aliphatic rings. The van der Waals surface area contributed by atoms with Crippen molar-refractivity contribution >= 4 is 41.0 Å². The van der Waals surface area contributed by atoms with Crippen molar-refractivity contribution in [3.8, 4) is 5.75 Å². The summed E-state index contributed by atoms with van der Waals surface area (Å²) in [7, 11) is 0. The lowest BCUT2D eigenvalue weighted by molar-refractivity contribution is -0.126. The number of hydrogen-bond donors (Lipinski definition) is 1. The molecule has 0 heterocycles. The second-order valence-corrected chi connectivity index (χ2v) is 7.56. The van der Waals surface area contributed by atoms with E-state index in [0.29, 0.717) is 12.3 Å². The Kier molecular flexibility index (Phi) is 7.77. The second-order valence-electron chi connectivity index (χ2n) is 6.81. The monoisotopic (exact) mass is 417 g/mol. The fourth-order valence-electron chi connectivity index (χ4n) is 3.06. The number of carbonyl (C=O) groups excluding carboxylic acids is 2. The molecule has 0 aliphatic heterocycles. The highest BCUT2D eigenvalue weighted by atomic mass is 35.5. The minimum Gasteiger partial charge on any atom is -0.404 e. The highest BCUT2D eigenvalue weighted by Crippen LogP contribution is 2.40. The summed E-state index contributed by atoms with van der Waals surface area (Å²) in [5, 5.41) is 2.97. The van der Waals surface area contributed by atoms with Crippen LogP contribution in [0.5, 0.6) is 5.75 Å². The largest absolute Gasteiger partial charge is 0.516 e. The van der Waals surface area contributed by atoms with E-state index in [0.717, 1.165) is 32.1 Å². The summed E-state index contributed by atoms with van der Waals surface area (Å²) >= 11 is 12.5. The minimum absolute atomic E-state index is 0.0178. The van der Waals surface area contributed by atoms with E-state index in [1.165, 1.54) is 6.07 Å². The first kappa shape index (κ1) is 21.8. The quantitative estimate of drug-likeness (QED) is 0.359. The molecule has 1 amide bonds. The number of benzene rings is 1. The predicted octanol–water partition coefficient (Wildman–Crippen LogP) is 5.80. The van der Waals surface area contributed by atoms with Gasteiger partial charge < -0.3 is 19.5 Å². The zero-order chi connectivity index (χ0) is 20.0. The Hall–Kier alpha value is -1.50. The van der Waals surface area contributed by atoms with Gasteiger partial charge in [0.1, 0.15) is 5.02 Å². The van der Waals surface area contributed by atoms with Crippen LogP contribution in [0.3, 0.4) is 0 Å². The van der Waals surface area contributed by atoms with Crippen molar-refractivity contribution in [1.82, 2.24) is 0 Å². The highest BCUT2D eigenvalue weighted by molar-refractivity contribution is 6.45. The molecule has 27 heavy (non-hydrogen) atoms. The summed E-state index contributed by atoms with van der Waals surface area (Å²) in [5.74, 6) is -0.0453. The molecule has 6 nitrogen and oxygen atoms in total. The Morgan fingerprint density at radius 2 is 1.85 bits per heavy atom. The van der Waals surface area contributed by atoms with Gasteiger partial charge in [0.15, 0.2) is 5.75 Å². The number of rotatable bonds is 6. The van der Waals surface area contributed by atoms with Crippen LogP contribution in [0, 0.1) is 5.41 Å². The summed E-state index contributed by atoms with van der Waals surface area (Å²) < 4.78 is 15.1. The lowest BCUT2D eigenvalue weighted by Crippen LogP contribution is -2.35. The molecule has 1 atom stereocenters. The molecule has 0 spiro atoms. The maximum atomic E-state index is 12.7. The van der Waals surface area contributed by atoms with Gasteiger partial charge in [-0.3, -0.25) is 4.79 Å². The van der Waals surface area contributed by atoms with Gasteiger partial charge in [0, 0.05) is 12.0 Å². The third-order valence-electron chi connectivity index (χ3n) is 4.66. The Balaban J connectivity index is 2.05. The van der Waals surface area contributed by atoms with Gasteiger partial charge in [-0.1, -0.05) is 49.4 Å². The van der Waals surface area contributed by atoms with Crippen molar-refractivity contribution in [3.63, 3.8) is 0 Å². The topological polar surface area (TPSA) is 73.9 Å². The van der Waals surface area contributed by atoms with Crippen LogP contribution in [0.4, 0.5) is 10.5 Å². The molecule has 1 N–H and O–H groups in total. The zero-order valence-corrected chi connectivity index (χ0v) is 17.3. The molecular formula is C19H25Cl2NO5. The van der Waals surface area contributed by atoms with E-state index in [2.05, 4.69) is 5.32 Å². The molecule has 1 aliphatic carbocycles. The molecule has 1 unspecified atom stereocenters. The molecule has 0 bridgehead atoms. The number of halogens is 2. The first-order valence-electron chi connectivity index (χ1n) is 9.06. The summed E-state index contributed by atoms with van der Waals surface area (Å²) in [6, 6.07) is 3.01. The predicted molar refractivity (Wildman–Crippen MR) is 104 cm³/mol. The van der Waals surface area contributed by atoms with Crippen LogP contribution in [-0.2, 0) is 14.3 Å². The molecule has 0 radical (unpaired) electrons. The van der Waals surface area contributed by atoms with Gasteiger partial charge in [-0.25, -0.2) is 4.79 Å². The van der Waals surface area contributed by atoms with Crippen LogP contribution >= 0.6 is 23.2 Å². The van der Waals surface area contributed by atoms with Gasteiger partial charge in [-0.15, -0.1) is 0 Å². The Bertz CT molecular complexity index is 689. The van der Waals surface area contributed by atoms with Gasteiger partial charge in [0.2, 0.25) is 12.2 Å². The molecule has 0 saturated heterocycles. The van der Waals surface area contributed by atoms with Crippen molar-refractivity contribution in [2.45, 2.75) is 59.2 Å². The highest BCUT2D eigenvalue weighted by Gasteiger charge is 2.35. The second kappa shape index (κ2) is 9.62. The molecule has 1 fully saturated rings. The van der Waals surface area contributed by atoms with Crippen LogP contribution < -0.4 is 10.1 Å². The van der Waals surface area contributed by atoms with Gasteiger partial charge in [0.25, 0.3) is 0 Å². The average molecular weight is 418 g/mol. The minimum atomic E-state index is -0.958. The molecule has 1 saturated carbocycles. The summed E-state index contributed by atoms with van der Waals surface area (Å²) in [6.07, 6.45) is 3.21. The van der Waals surface area contributed by atoms with Crippen molar-refractivity contribution < 1.29 is 23.8 Å². The smallest absolute Gasteiger partial charge is 0.404 e. The Labute approximate surface area is 169 Å². The molecule has 8 heteroatoms. The number of hydrogen-bond acceptors (Lipinski definition) is 5. The van der Waals surface area contributed by atoms with Crippen LogP contribution in [0.2, 0.25) is 10.0 Å². The Morgan fingerprint density at radius 1 is 1.19 bits per heavy atom. The number of ether oxygens (including phenoxy) is 3. The van der Waals surface area contributed by atoms with Crippen molar-refractivity contribution in [2.24, 2.45) is 5.41 Å². The third-order valence-corrected chi connectivity index (χ3v) is 5.52. The maximum absolute atomic E-state index is 12.7. The first-order valence-corrected chi connectivity index (χ1v) is 9.82. The zero-order valence-electron chi connectivity index (χ0n) is 15.8. The fraction of sp³-hybridized carbons (Fsp3) is 0.579. The summed E-state index contributed by atoms with van der Waals surface area (Å²) in [6.45, 7) is 5.71. The van der Waals surface area contributed by atoms with Crippen molar-refractivity contribution in [3.05, 3.63) is 22.2 Å². The standard InChI is InChI=1S/C19H25Cl2NO5/c1-4-25-12(2)26-18(24)27-14-9-8-13(15(20)16(14)21)22-17(23)19(3)10-6-5-7-11-19/h8-9,12H,4-7,10-11H2,1-3H3,(H,22,23). The van der Waals surface area contributed by atoms with E-state index in [4.69, 9.17) is 37.4 Å². The molecule has 1 aromatic carbocycles. The molecule has 1 aromatic rings. The van der Waals surface area contributed by atoms with Crippen LogP contribution in [-0.4, -0.2) is 25.0 Å². The molecule has 2 rings (SSSR count). The van der Waals surface area contributed by atoms with Crippen LogP contribution in [0.15, 0.2) is 12.1 Å². The Morgan fingerprint density at radius 3 is 2.48 bits per heavy atom. The first-order chi connectivity index (χ1) is 12.8. The van der Waals surface area contributed by atoms with Gasteiger partial charge in [0.05, 0.1) is 10.7 Å². The number of carbonyl (C=O) groups is 2. The van der Waals surface area contributed by atoms with E-state index in [1.807, 2.05) is 6.92 Å². The molecule has 150 valence electrons. The van der Waals surface area contributed by atoms with Crippen molar-refractivity contribution in [1.29, 1.82) is 0 Å². The summed E-state index contributed by atoms with van der Waals surface area (Å²) in [5.41, 5.74) is -0.0375. The maximum Gasteiger partial charge on any atom is 0.516 e. The van der Waals surface area contributed by atoms with Crippen molar-refractivity contribution in [2.75, 3.05) is 11.9 Å². The number of anilines is 1. The number of amides is 1. The molecular weight excluding hydrogens is 393 g/mol.